The van der Waals surface area contributed by atoms with E-state index in [2.05, 4.69) is 6.58 Å². The molecule has 0 bridgehead atoms. The quantitative estimate of drug-likeness (QED) is 0.305. The van der Waals surface area contributed by atoms with Crippen LogP contribution in [0.25, 0.3) is 0 Å². The number of unbranched alkanes of at least 4 members (excludes halogenated alkanes) is 6. The lowest BCUT2D eigenvalue weighted by molar-refractivity contribution is -0.170. The van der Waals surface area contributed by atoms with Gasteiger partial charge in [0.2, 0.25) is 0 Å². The average molecular weight is 392 g/mol. The normalized spacial score (nSPS) is 24.2. The second kappa shape index (κ2) is 12.7. The Labute approximate surface area is 167 Å². The van der Waals surface area contributed by atoms with Crippen molar-refractivity contribution in [1.29, 1.82) is 0 Å². The number of benzene rings is 1. The second-order valence-corrected chi connectivity index (χ2v) is 7.02. The van der Waals surface area contributed by atoms with E-state index in [0.29, 0.717) is 12.2 Å². The summed E-state index contributed by atoms with van der Waals surface area (Å²) in [4.78, 5) is 12.3. The van der Waals surface area contributed by atoms with Crippen LogP contribution in [0.4, 0.5) is 0 Å². The highest BCUT2D eigenvalue weighted by Gasteiger charge is 2.46. The summed E-state index contributed by atoms with van der Waals surface area (Å²) in [5.74, 6) is -0.556. The number of hydrogen-bond donors (Lipinski definition) is 2. The molecule has 0 unspecified atom stereocenters. The molecule has 1 fully saturated rings. The minimum absolute atomic E-state index is 0.370. The van der Waals surface area contributed by atoms with Crippen LogP contribution < -0.4 is 0 Å². The molecule has 0 amide bonds. The number of hydrogen-bond acceptors (Lipinski definition) is 6. The number of aliphatic hydroxyl groups excluding tert-OH is 2. The summed E-state index contributed by atoms with van der Waals surface area (Å²) < 4.78 is 16.7. The molecule has 1 aliphatic rings. The van der Waals surface area contributed by atoms with Crippen molar-refractivity contribution in [1.82, 2.24) is 0 Å². The predicted octanol–water partition coefficient (Wildman–Crippen LogP) is 3.22. The van der Waals surface area contributed by atoms with E-state index in [1.807, 2.05) is 6.08 Å². The molecular weight excluding hydrogens is 360 g/mol. The topological polar surface area (TPSA) is 85.2 Å². The summed E-state index contributed by atoms with van der Waals surface area (Å²) in [7, 11) is 0. The summed E-state index contributed by atoms with van der Waals surface area (Å²) >= 11 is 0. The lowest BCUT2D eigenvalue weighted by Gasteiger charge is -2.21. The van der Waals surface area contributed by atoms with Crippen molar-refractivity contribution in [3.05, 3.63) is 48.6 Å². The third kappa shape index (κ3) is 7.02. The number of allylic oxidation sites excluding steroid dienone is 1. The highest BCUT2D eigenvalue weighted by Crippen LogP contribution is 2.26. The number of carbonyl (C=O) groups excluding carboxylic acids is 1. The fourth-order valence-corrected chi connectivity index (χ4v) is 3.18. The first-order chi connectivity index (χ1) is 13.7. The molecule has 2 rings (SSSR count). The zero-order chi connectivity index (χ0) is 20.2. The molecule has 1 aliphatic heterocycles. The molecule has 0 aliphatic carbocycles. The molecule has 0 spiro atoms. The van der Waals surface area contributed by atoms with Crippen LogP contribution in [-0.4, -0.2) is 54.0 Å². The Morgan fingerprint density at radius 1 is 1.11 bits per heavy atom. The van der Waals surface area contributed by atoms with Crippen molar-refractivity contribution in [3.8, 4) is 0 Å². The smallest absolute Gasteiger partial charge is 0.338 e. The van der Waals surface area contributed by atoms with Crippen molar-refractivity contribution in [3.63, 3.8) is 0 Å². The lowest BCUT2D eigenvalue weighted by atomic mass is 10.1. The largest absolute Gasteiger partial charge is 0.450 e. The standard InChI is InChI=1S/C22H32O6/c1-2-3-4-5-6-7-8-12-15-26-22-20(19(24)18(16-23)27-22)28-21(25)17-13-10-9-11-14-17/h2,9-11,13-14,18-20,22-24H,1,3-8,12,15-16H2/t18-,19-,20+,22+/m1/s1. The predicted molar refractivity (Wildman–Crippen MR) is 106 cm³/mol. The number of aliphatic hydroxyl groups is 2. The minimum Gasteiger partial charge on any atom is -0.450 e. The molecule has 156 valence electrons. The lowest BCUT2D eigenvalue weighted by Crippen LogP contribution is -2.39. The number of ether oxygens (including phenoxy) is 3. The minimum atomic E-state index is -1.13. The number of esters is 1. The highest BCUT2D eigenvalue weighted by molar-refractivity contribution is 5.89. The fraction of sp³-hybridized carbons (Fsp3) is 0.591. The molecule has 0 radical (unpaired) electrons. The molecule has 4 atom stereocenters. The molecule has 1 saturated heterocycles. The van der Waals surface area contributed by atoms with Gasteiger partial charge in [0, 0.05) is 6.61 Å². The molecule has 6 nitrogen and oxygen atoms in total. The molecule has 1 heterocycles. The van der Waals surface area contributed by atoms with Crippen LogP contribution in [0.15, 0.2) is 43.0 Å². The van der Waals surface area contributed by atoms with Crippen LogP contribution in [-0.2, 0) is 14.2 Å². The SMILES string of the molecule is C=CCCCCCCCCO[C@H]1O[C@H](CO)[C@@H](O)[C@@H]1OC(=O)c1ccccc1. The van der Waals surface area contributed by atoms with Crippen LogP contribution in [0.3, 0.4) is 0 Å². The van der Waals surface area contributed by atoms with Gasteiger partial charge in [-0.3, -0.25) is 0 Å². The van der Waals surface area contributed by atoms with E-state index >= 15 is 0 Å². The third-order valence-corrected chi connectivity index (χ3v) is 4.81. The van der Waals surface area contributed by atoms with E-state index in [9.17, 15) is 15.0 Å². The van der Waals surface area contributed by atoms with Gasteiger partial charge in [-0.25, -0.2) is 4.79 Å². The van der Waals surface area contributed by atoms with Crippen LogP contribution in [0.2, 0.25) is 0 Å². The van der Waals surface area contributed by atoms with E-state index in [-0.39, 0.29) is 6.61 Å². The zero-order valence-corrected chi connectivity index (χ0v) is 16.4. The summed E-state index contributed by atoms with van der Waals surface area (Å²) in [5.41, 5.74) is 0.386. The van der Waals surface area contributed by atoms with Crippen molar-refractivity contribution >= 4 is 5.97 Å². The van der Waals surface area contributed by atoms with Crippen molar-refractivity contribution < 1.29 is 29.2 Å². The van der Waals surface area contributed by atoms with E-state index < -0.39 is 30.6 Å². The molecular formula is C22H32O6. The Balaban J connectivity index is 1.75. The maximum Gasteiger partial charge on any atom is 0.338 e. The average Bonchev–Trinajstić information content (AvgIpc) is 3.02. The third-order valence-electron chi connectivity index (χ3n) is 4.81. The summed E-state index contributed by atoms with van der Waals surface area (Å²) in [6.45, 7) is 3.80. The molecule has 1 aromatic rings. The molecule has 0 saturated carbocycles. The van der Waals surface area contributed by atoms with Crippen LogP contribution in [0.5, 0.6) is 0 Å². The monoisotopic (exact) mass is 392 g/mol. The van der Waals surface area contributed by atoms with Gasteiger partial charge in [-0.05, 0) is 31.4 Å². The van der Waals surface area contributed by atoms with Gasteiger partial charge < -0.3 is 24.4 Å². The first-order valence-corrected chi connectivity index (χ1v) is 10.1. The van der Waals surface area contributed by atoms with Crippen molar-refractivity contribution in [2.75, 3.05) is 13.2 Å². The highest BCUT2D eigenvalue weighted by atomic mass is 16.7. The Bertz CT molecular complexity index is 576. The second-order valence-electron chi connectivity index (χ2n) is 7.02. The zero-order valence-electron chi connectivity index (χ0n) is 16.4. The Morgan fingerprint density at radius 3 is 2.46 bits per heavy atom. The van der Waals surface area contributed by atoms with E-state index in [1.54, 1.807) is 30.3 Å². The molecule has 28 heavy (non-hydrogen) atoms. The molecule has 2 N–H and O–H groups in total. The van der Waals surface area contributed by atoms with Gasteiger partial charge in [-0.15, -0.1) is 6.58 Å². The maximum absolute atomic E-state index is 12.3. The van der Waals surface area contributed by atoms with E-state index in [1.165, 1.54) is 19.3 Å². The number of rotatable bonds is 13. The maximum atomic E-state index is 12.3. The van der Waals surface area contributed by atoms with Gasteiger partial charge >= 0.3 is 5.97 Å². The molecule has 0 aromatic heterocycles. The van der Waals surface area contributed by atoms with E-state index in [0.717, 1.165) is 25.7 Å². The van der Waals surface area contributed by atoms with Gasteiger partial charge in [0.15, 0.2) is 12.4 Å². The Kier molecular flexibility index (Phi) is 10.2. The first kappa shape index (κ1) is 22.6. The van der Waals surface area contributed by atoms with Crippen LogP contribution in [0, 0.1) is 0 Å². The Morgan fingerprint density at radius 2 is 1.79 bits per heavy atom. The first-order valence-electron chi connectivity index (χ1n) is 10.1. The van der Waals surface area contributed by atoms with Crippen LogP contribution >= 0.6 is 0 Å². The van der Waals surface area contributed by atoms with Gasteiger partial charge in [0.1, 0.15) is 12.2 Å². The summed E-state index contributed by atoms with van der Waals surface area (Å²) in [6.07, 6.45) is 5.83. The van der Waals surface area contributed by atoms with Crippen molar-refractivity contribution in [2.24, 2.45) is 0 Å². The van der Waals surface area contributed by atoms with Gasteiger partial charge in [-0.2, -0.15) is 0 Å². The fourth-order valence-electron chi connectivity index (χ4n) is 3.18. The summed E-state index contributed by atoms with van der Waals surface area (Å²) in [5, 5.41) is 19.7. The molecule has 6 heteroatoms. The van der Waals surface area contributed by atoms with Crippen LogP contribution in [0.1, 0.15) is 55.3 Å². The molecule has 1 aromatic carbocycles. The van der Waals surface area contributed by atoms with Crippen molar-refractivity contribution in [2.45, 2.75) is 69.5 Å². The number of carbonyl (C=O) groups is 1. The summed E-state index contributed by atoms with van der Waals surface area (Å²) in [6, 6.07) is 8.55. The van der Waals surface area contributed by atoms with Gasteiger partial charge in [-0.1, -0.05) is 50.0 Å². The van der Waals surface area contributed by atoms with Gasteiger partial charge in [0.25, 0.3) is 0 Å². The van der Waals surface area contributed by atoms with E-state index in [4.69, 9.17) is 14.2 Å². The van der Waals surface area contributed by atoms with Gasteiger partial charge in [0.05, 0.1) is 12.2 Å². The Hall–Kier alpha value is -1.73.